The summed E-state index contributed by atoms with van der Waals surface area (Å²) in [4.78, 5) is 38.0. The van der Waals surface area contributed by atoms with Crippen LogP contribution >= 0.6 is 0 Å². The highest BCUT2D eigenvalue weighted by molar-refractivity contribution is 6.35. The summed E-state index contributed by atoms with van der Waals surface area (Å²) in [6, 6.07) is -0.0645. The minimum Gasteiger partial charge on any atom is -0.456 e. The third-order valence-electron chi connectivity index (χ3n) is 4.50. The summed E-state index contributed by atoms with van der Waals surface area (Å²) in [5, 5.41) is 3.27. The van der Waals surface area contributed by atoms with Crippen LogP contribution in [0, 0.1) is 5.41 Å². The van der Waals surface area contributed by atoms with Crippen LogP contribution in [-0.4, -0.2) is 54.3 Å². The first-order valence-corrected chi connectivity index (χ1v) is 8.56. The molecule has 23 heavy (non-hydrogen) atoms. The normalized spacial score (nSPS) is 23.4. The molecule has 2 aliphatic rings. The van der Waals surface area contributed by atoms with Crippen molar-refractivity contribution < 1.29 is 19.1 Å². The summed E-state index contributed by atoms with van der Waals surface area (Å²) >= 11 is 0. The third kappa shape index (κ3) is 4.77. The van der Waals surface area contributed by atoms with Crippen LogP contribution in [0.25, 0.3) is 0 Å². The predicted octanol–water partition coefficient (Wildman–Crippen LogP) is 1.28. The van der Waals surface area contributed by atoms with Gasteiger partial charge in [0.25, 0.3) is 0 Å². The van der Waals surface area contributed by atoms with E-state index in [9.17, 15) is 14.4 Å². The molecule has 1 N–H and O–H groups in total. The number of hydrogen-bond acceptors (Lipinski definition) is 5. The highest BCUT2D eigenvalue weighted by Gasteiger charge is 2.34. The Morgan fingerprint density at radius 1 is 1.04 bits per heavy atom. The van der Waals surface area contributed by atoms with E-state index >= 15 is 0 Å². The van der Waals surface area contributed by atoms with Crippen LogP contribution in [0.5, 0.6) is 0 Å². The van der Waals surface area contributed by atoms with Crippen molar-refractivity contribution in [2.24, 2.45) is 5.41 Å². The van der Waals surface area contributed by atoms with Gasteiger partial charge < -0.3 is 15.0 Å². The van der Waals surface area contributed by atoms with Crippen LogP contribution in [-0.2, 0) is 19.1 Å². The number of ether oxygens (including phenoxy) is 1. The van der Waals surface area contributed by atoms with Gasteiger partial charge in [-0.2, -0.15) is 0 Å². The lowest BCUT2D eigenvalue weighted by molar-refractivity contribution is -0.163. The predicted molar refractivity (Wildman–Crippen MR) is 85.8 cm³/mol. The maximum atomic E-state index is 12.4. The number of hydrogen-bond donors (Lipinski definition) is 1. The summed E-state index contributed by atoms with van der Waals surface area (Å²) in [5.41, 5.74) is -0.722. The smallest absolute Gasteiger partial charge is 0.375 e. The van der Waals surface area contributed by atoms with Crippen molar-refractivity contribution in [1.29, 1.82) is 0 Å². The largest absolute Gasteiger partial charge is 0.456 e. The molecule has 0 aromatic carbocycles. The van der Waals surface area contributed by atoms with Gasteiger partial charge in [0, 0.05) is 31.3 Å². The van der Waals surface area contributed by atoms with E-state index in [0.717, 1.165) is 25.8 Å². The first-order valence-electron chi connectivity index (χ1n) is 8.56. The number of nitrogens with one attached hydrogen (secondary N) is 1. The second kappa shape index (κ2) is 7.43. The molecule has 0 aromatic heterocycles. The molecule has 2 rings (SSSR count). The molecule has 130 valence electrons. The van der Waals surface area contributed by atoms with Gasteiger partial charge in [0.15, 0.2) is 0 Å². The molecule has 1 unspecified atom stereocenters. The Hall–Kier alpha value is -1.43. The first-order chi connectivity index (χ1) is 10.8. The third-order valence-corrected chi connectivity index (χ3v) is 4.50. The lowest BCUT2D eigenvalue weighted by Gasteiger charge is -2.35. The van der Waals surface area contributed by atoms with E-state index in [1.165, 1.54) is 0 Å². The average molecular weight is 324 g/mol. The Bertz CT molecular complexity index is 456. The second-order valence-electron chi connectivity index (χ2n) is 7.51. The molecule has 2 heterocycles. The molecular weight excluding hydrogens is 296 g/mol. The Morgan fingerprint density at radius 3 is 2.22 bits per heavy atom. The zero-order chi connectivity index (χ0) is 17.0. The number of carbonyl (C=O) groups excluding carboxylic acids is 3. The monoisotopic (exact) mass is 324 g/mol. The quantitative estimate of drug-likeness (QED) is 0.625. The molecule has 6 nitrogen and oxygen atoms in total. The Balaban J connectivity index is 1.78. The minimum atomic E-state index is -0.753. The summed E-state index contributed by atoms with van der Waals surface area (Å²) in [7, 11) is 0. The summed E-state index contributed by atoms with van der Waals surface area (Å²) < 4.78 is 5.31. The van der Waals surface area contributed by atoms with E-state index in [2.05, 4.69) is 5.32 Å². The molecule has 1 atom stereocenters. The topological polar surface area (TPSA) is 75.7 Å². The van der Waals surface area contributed by atoms with E-state index in [0.29, 0.717) is 25.9 Å². The van der Waals surface area contributed by atoms with Gasteiger partial charge in [-0.3, -0.25) is 9.59 Å². The van der Waals surface area contributed by atoms with Crippen molar-refractivity contribution in [1.82, 2.24) is 10.2 Å². The van der Waals surface area contributed by atoms with Crippen molar-refractivity contribution >= 4 is 17.7 Å². The molecule has 0 aromatic rings. The SMILES string of the molecule is CC(C)(C)C(=O)C(=O)OC1CCN(C(=O)C2CCCCN2)CC1. The zero-order valence-electron chi connectivity index (χ0n) is 14.4. The van der Waals surface area contributed by atoms with Gasteiger partial charge in [-0.25, -0.2) is 4.79 Å². The highest BCUT2D eigenvalue weighted by Crippen LogP contribution is 2.20. The Labute approximate surface area is 137 Å². The number of Topliss-reactive ketones (excluding diaryl/α,β-unsaturated/α-hetero) is 1. The van der Waals surface area contributed by atoms with Crippen LogP contribution in [0.2, 0.25) is 0 Å². The molecule has 0 aliphatic carbocycles. The van der Waals surface area contributed by atoms with Crippen LogP contribution in [0.15, 0.2) is 0 Å². The van der Waals surface area contributed by atoms with Gasteiger partial charge in [0.05, 0.1) is 6.04 Å². The van der Waals surface area contributed by atoms with Gasteiger partial charge >= 0.3 is 5.97 Å². The summed E-state index contributed by atoms with van der Waals surface area (Å²) in [6.07, 6.45) is 4.05. The molecule has 0 saturated carbocycles. The fourth-order valence-electron chi connectivity index (χ4n) is 2.99. The number of amides is 1. The van der Waals surface area contributed by atoms with Gasteiger partial charge in [-0.05, 0) is 19.4 Å². The number of esters is 1. The maximum Gasteiger partial charge on any atom is 0.375 e. The molecule has 0 bridgehead atoms. The number of carbonyl (C=O) groups is 3. The minimum absolute atomic E-state index is 0.0645. The maximum absolute atomic E-state index is 12.4. The second-order valence-corrected chi connectivity index (χ2v) is 7.51. The van der Waals surface area contributed by atoms with E-state index < -0.39 is 17.2 Å². The first kappa shape index (κ1) is 17.9. The molecule has 6 heteroatoms. The fraction of sp³-hybridized carbons (Fsp3) is 0.824. The molecule has 0 radical (unpaired) electrons. The van der Waals surface area contributed by atoms with Gasteiger partial charge in [0.1, 0.15) is 6.10 Å². The van der Waals surface area contributed by atoms with Crippen molar-refractivity contribution in [3.8, 4) is 0 Å². The van der Waals surface area contributed by atoms with Crippen LogP contribution in [0.4, 0.5) is 0 Å². The lowest BCUT2D eigenvalue weighted by atomic mass is 9.91. The molecule has 2 saturated heterocycles. The van der Waals surface area contributed by atoms with E-state index in [-0.39, 0.29) is 18.1 Å². The summed E-state index contributed by atoms with van der Waals surface area (Å²) in [6.45, 7) is 7.18. The van der Waals surface area contributed by atoms with Crippen LogP contribution in [0.3, 0.4) is 0 Å². The van der Waals surface area contributed by atoms with E-state index in [1.54, 1.807) is 20.8 Å². The van der Waals surface area contributed by atoms with Crippen LogP contribution in [0.1, 0.15) is 52.9 Å². The van der Waals surface area contributed by atoms with E-state index in [4.69, 9.17) is 4.74 Å². The Kier molecular flexibility index (Phi) is 5.79. The van der Waals surface area contributed by atoms with Gasteiger partial charge in [-0.15, -0.1) is 0 Å². The van der Waals surface area contributed by atoms with Crippen molar-refractivity contribution in [3.05, 3.63) is 0 Å². The van der Waals surface area contributed by atoms with Gasteiger partial charge in [-0.1, -0.05) is 27.2 Å². The number of piperidine rings is 2. The molecule has 2 aliphatic heterocycles. The molecular formula is C17H28N2O4. The standard InChI is InChI=1S/C17H28N2O4/c1-17(2,3)14(20)16(22)23-12-7-10-19(11-8-12)15(21)13-6-4-5-9-18-13/h12-13,18H,4-11H2,1-3H3. The lowest BCUT2D eigenvalue weighted by Crippen LogP contribution is -2.51. The Morgan fingerprint density at radius 2 is 1.70 bits per heavy atom. The van der Waals surface area contributed by atoms with E-state index in [1.807, 2.05) is 4.90 Å². The van der Waals surface area contributed by atoms with Crippen molar-refractivity contribution in [3.63, 3.8) is 0 Å². The zero-order valence-corrected chi connectivity index (χ0v) is 14.4. The molecule has 0 spiro atoms. The number of rotatable bonds is 3. The number of likely N-dealkylation sites (tertiary alicyclic amines) is 1. The number of ketones is 1. The summed E-state index contributed by atoms with van der Waals surface area (Å²) in [5.74, 6) is -1.10. The fourth-order valence-corrected chi connectivity index (χ4v) is 2.99. The van der Waals surface area contributed by atoms with Crippen LogP contribution < -0.4 is 5.32 Å². The van der Waals surface area contributed by atoms with Crippen molar-refractivity contribution in [2.75, 3.05) is 19.6 Å². The molecule has 1 amide bonds. The average Bonchev–Trinajstić information content (AvgIpc) is 2.54. The van der Waals surface area contributed by atoms with Crippen molar-refractivity contribution in [2.45, 2.75) is 65.0 Å². The van der Waals surface area contributed by atoms with Gasteiger partial charge in [0.2, 0.25) is 11.7 Å². The molecule has 2 fully saturated rings. The highest BCUT2D eigenvalue weighted by atomic mass is 16.5. The number of nitrogens with zero attached hydrogens (tertiary/aromatic N) is 1.